The van der Waals surface area contributed by atoms with E-state index in [0.717, 1.165) is 0 Å². The SMILES string of the molecule is CCCC[NH2+]C.O=[N+]([O-])[O-]. The lowest BCUT2D eigenvalue weighted by atomic mass is 10.3. The fourth-order valence-corrected chi connectivity index (χ4v) is 0.408. The third-order valence-electron chi connectivity index (χ3n) is 0.846. The topological polar surface area (TPSA) is 82.8 Å². The van der Waals surface area contributed by atoms with Gasteiger partial charge in [0, 0.05) is 0 Å². The minimum absolute atomic E-state index is 1.29. The summed E-state index contributed by atoms with van der Waals surface area (Å²) >= 11 is 0. The van der Waals surface area contributed by atoms with Crippen LogP contribution in [-0.4, -0.2) is 18.7 Å². The highest BCUT2D eigenvalue weighted by Crippen LogP contribution is 1.76. The van der Waals surface area contributed by atoms with Crippen LogP contribution in [0.5, 0.6) is 0 Å². The second-order valence-corrected chi connectivity index (χ2v) is 1.77. The normalized spacial score (nSPS) is 7.80. The number of unbranched alkanes of at least 4 members (excludes halogenated alkanes) is 1. The Labute approximate surface area is 60.2 Å². The van der Waals surface area contributed by atoms with Crippen LogP contribution in [0.1, 0.15) is 19.8 Å². The largest absolute Gasteiger partial charge is 0.356 e. The minimum atomic E-state index is -1.75. The highest BCUT2D eigenvalue weighted by molar-refractivity contribution is 4.23. The molecule has 0 amide bonds. The third kappa shape index (κ3) is 58.2. The first-order chi connectivity index (χ1) is 4.65. The Balaban J connectivity index is 0. The summed E-state index contributed by atoms with van der Waals surface area (Å²) < 4.78 is 0. The van der Waals surface area contributed by atoms with E-state index in [-0.39, 0.29) is 0 Å². The van der Waals surface area contributed by atoms with E-state index in [2.05, 4.69) is 19.3 Å². The molecule has 62 valence electrons. The van der Waals surface area contributed by atoms with Gasteiger partial charge in [0.1, 0.15) is 0 Å². The lowest BCUT2D eigenvalue weighted by Gasteiger charge is -1.86. The van der Waals surface area contributed by atoms with Crippen molar-refractivity contribution in [1.29, 1.82) is 0 Å². The number of nitrogens with zero attached hydrogens (tertiary/aromatic N) is 1. The summed E-state index contributed by atoms with van der Waals surface area (Å²) in [6.07, 6.45) is 2.68. The van der Waals surface area contributed by atoms with Crippen LogP contribution in [0, 0.1) is 15.3 Å². The number of hydrogen-bond acceptors (Lipinski definition) is 3. The van der Waals surface area contributed by atoms with Crippen LogP contribution in [0.3, 0.4) is 0 Å². The van der Waals surface area contributed by atoms with Gasteiger partial charge >= 0.3 is 0 Å². The maximum Gasteiger partial charge on any atom is 0.0753 e. The first-order valence-electron chi connectivity index (χ1n) is 3.24. The monoisotopic (exact) mass is 150 g/mol. The molecule has 10 heavy (non-hydrogen) atoms. The van der Waals surface area contributed by atoms with Crippen molar-refractivity contribution in [2.45, 2.75) is 19.8 Å². The molecular formula is C5H14N2O3. The van der Waals surface area contributed by atoms with Crippen molar-refractivity contribution in [3.8, 4) is 0 Å². The Morgan fingerprint density at radius 2 is 1.90 bits per heavy atom. The van der Waals surface area contributed by atoms with Crippen LogP contribution in [-0.2, 0) is 0 Å². The predicted molar refractivity (Wildman–Crippen MR) is 38.0 cm³/mol. The molecule has 0 aromatic heterocycles. The number of nitrogens with two attached hydrogens (primary N) is 1. The average molecular weight is 150 g/mol. The number of hydrogen-bond donors (Lipinski definition) is 1. The molecule has 2 N–H and O–H groups in total. The van der Waals surface area contributed by atoms with E-state index in [1.165, 1.54) is 19.4 Å². The van der Waals surface area contributed by atoms with Crippen LogP contribution in [0.25, 0.3) is 0 Å². The van der Waals surface area contributed by atoms with Crippen molar-refractivity contribution in [1.82, 2.24) is 0 Å². The predicted octanol–water partition coefficient (Wildman–Crippen LogP) is -0.259. The van der Waals surface area contributed by atoms with Crippen molar-refractivity contribution in [2.75, 3.05) is 13.6 Å². The standard InChI is InChI=1S/C5H13N.NO3/c1-3-4-5-6-2;2-1(3)4/h6H,3-5H2,1-2H3;/q;-1/p+1. The van der Waals surface area contributed by atoms with E-state index < -0.39 is 5.09 Å². The Bertz CT molecular complexity index is 69.3. The smallest absolute Gasteiger partial charge is 0.0753 e. The highest BCUT2D eigenvalue weighted by Gasteiger charge is 1.76. The van der Waals surface area contributed by atoms with Gasteiger partial charge in [-0.1, -0.05) is 13.3 Å². The maximum atomic E-state index is 8.25. The van der Waals surface area contributed by atoms with Crippen LogP contribution < -0.4 is 5.32 Å². The van der Waals surface area contributed by atoms with Crippen molar-refractivity contribution >= 4 is 0 Å². The van der Waals surface area contributed by atoms with Gasteiger partial charge in [-0.15, -0.1) is 0 Å². The van der Waals surface area contributed by atoms with E-state index >= 15 is 0 Å². The molecule has 0 atom stereocenters. The second-order valence-electron chi connectivity index (χ2n) is 1.77. The lowest BCUT2D eigenvalue weighted by molar-refractivity contribution is -0.627. The first-order valence-corrected chi connectivity index (χ1v) is 3.24. The molecule has 0 aliphatic carbocycles. The molecule has 0 saturated carbocycles. The van der Waals surface area contributed by atoms with Crippen LogP contribution in [0.2, 0.25) is 0 Å². The van der Waals surface area contributed by atoms with Crippen molar-refractivity contribution in [3.63, 3.8) is 0 Å². The zero-order valence-electron chi connectivity index (χ0n) is 6.37. The molecule has 0 aromatic carbocycles. The van der Waals surface area contributed by atoms with E-state index in [1.54, 1.807) is 0 Å². The average Bonchev–Trinajstić information content (AvgIpc) is 1.82. The molecule has 0 aromatic rings. The second kappa shape index (κ2) is 11.0. The molecule has 0 aliphatic heterocycles. The van der Waals surface area contributed by atoms with Gasteiger partial charge in [0.05, 0.1) is 18.7 Å². The summed E-state index contributed by atoms with van der Waals surface area (Å²) in [4.78, 5) is 8.25. The van der Waals surface area contributed by atoms with E-state index in [4.69, 9.17) is 15.3 Å². The molecule has 5 heteroatoms. The number of quaternary nitrogens is 1. The Hall–Kier alpha value is -0.840. The van der Waals surface area contributed by atoms with Gasteiger partial charge in [-0.2, -0.15) is 0 Å². The lowest BCUT2D eigenvalue weighted by Crippen LogP contribution is -2.79. The highest BCUT2D eigenvalue weighted by atomic mass is 16.9. The molecule has 0 heterocycles. The molecule has 0 radical (unpaired) electrons. The van der Waals surface area contributed by atoms with Gasteiger partial charge in [0.2, 0.25) is 0 Å². The molecule has 0 aliphatic rings. The Morgan fingerprint density at radius 3 is 2.00 bits per heavy atom. The quantitative estimate of drug-likeness (QED) is 0.342. The van der Waals surface area contributed by atoms with Gasteiger partial charge in [0.25, 0.3) is 0 Å². The van der Waals surface area contributed by atoms with Gasteiger partial charge in [-0.3, -0.25) is 0 Å². The third-order valence-corrected chi connectivity index (χ3v) is 0.846. The summed E-state index contributed by atoms with van der Waals surface area (Å²) in [5, 5.41) is 17.0. The summed E-state index contributed by atoms with van der Waals surface area (Å²) in [5.41, 5.74) is 0. The van der Waals surface area contributed by atoms with Gasteiger partial charge < -0.3 is 20.6 Å². The van der Waals surface area contributed by atoms with Crippen molar-refractivity contribution in [2.24, 2.45) is 0 Å². The zero-order valence-corrected chi connectivity index (χ0v) is 6.37. The molecule has 0 fully saturated rings. The van der Waals surface area contributed by atoms with Gasteiger partial charge in [-0.25, -0.2) is 0 Å². The molecule has 0 rings (SSSR count). The van der Waals surface area contributed by atoms with Gasteiger partial charge in [-0.05, 0) is 6.42 Å². The van der Waals surface area contributed by atoms with E-state index in [0.29, 0.717) is 0 Å². The van der Waals surface area contributed by atoms with Crippen LogP contribution in [0.15, 0.2) is 0 Å². The Kier molecular flexibility index (Phi) is 13.1. The summed E-state index contributed by atoms with van der Waals surface area (Å²) in [7, 11) is 2.11. The molecule has 0 bridgehead atoms. The minimum Gasteiger partial charge on any atom is -0.356 e. The maximum absolute atomic E-state index is 8.25. The molecule has 0 unspecified atom stereocenters. The molecule has 5 nitrogen and oxygen atoms in total. The molecule has 0 spiro atoms. The summed E-state index contributed by atoms with van der Waals surface area (Å²) in [6.45, 7) is 3.50. The van der Waals surface area contributed by atoms with Gasteiger partial charge in [0.15, 0.2) is 0 Å². The van der Waals surface area contributed by atoms with Crippen LogP contribution in [0.4, 0.5) is 0 Å². The molecular weight excluding hydrogens is 136 g/mol. The van der Waals surface area contributed by atoms with Crippen LogP contribution >= 0.6 is 0 Å². The summed E-state index contributed by atoms with van der Waals surface area (Å²) in [5.74, 6) is 0. The molecule has 0 saturated heterocycles. The van der Waals surface area contributed by atoms with Crippen molar-refractivity contribution in [3.05, 3.63) is 15.3 Å². The van der Waals surface area contributed by atoms with Crippen molar-refractivity contribution < 1.29 is 10.4 Å². The van der Waals surface area contributed by atoms with E-state index in [9.17, 15) is 0 Å². The van der Waals surface area contributed by atoms with E-state index in [1.807, 2.05) is 0 Å². The number of rotatable bonds is 3. The Morgan fingerprint density at radius 1 is 1.50 bits per heavy atom. The fraction of sp³-hybridized carbons (Fsp3) is 1.00. The fourth-order valence-electron chi connectivity index (χ4n) is 0.408. The summed E-state index contributed by atoms with van der Waals surface area (Å²) in [6, 6.07) is 0. The first kappa shape index (κ1) is 11.9. The zero-order chi connectivity index (χ0) is 8.41.